The first-order valence-electron chi connectivity index (χ1n) is 42.4. The third kappa shape index (κ3) is 20.8. The molecule has 676 valence electrons. The Hall–Kier alpha value is -11.1. The highest BCUT2D eigenvalue weighted by Gasteiger charge is 2.29. The van der Waals surface area contributed by atoms with Gasteiger partial charge in [0, 0.05) is 48.5 Å². The van der Waals surface area contributed by atoms with Crippen LogP contribution < -0.4 is 28.7 Å². The van der Waals surface area contributed by atoms with Crippen LogP contribution in [0.4, 0.5) is 28.4 Å². The molecule has 0 radical (unpaired) electrons. The highest BCUT2D eigenvalue weighted by Crippen LogP contribution is 2.51. The Bertz CT molecular complexity index is 8010. The number of pyridine rings is 5. The van der Waals surface area contributed by atoms with Crippen molar-refractivity contribution in [3.8, 4) is 108 Å². The van der Waals surface area contributed by atoms with Gasteiger partial charge < -0.3 is 28.7 Å². The Morgan fingerprint density at radius 2 is 0.604 bits per heavy atom. The summed E-state index contributed by atoms with van der Waals surface area (Å²) in [5.41, 5.74) is 51.4. The van der Waals surface area contributed by atoms with E-state index in [2.05, 4.69) is 151 Å². The first kappa shape index (κ1) is 94.6. The minimum atomic E-state index is -3.42. The van der Waals surface area contributed by atoms with E-state index in [-0.39, 0.29) is 20.4 Å². The number of hydrogen-bond acceptors (Lipinski definition) is 25. The molecule has 30 heteroatoms. The minimum Gasteiger partial charge on any atom is -0.397 e. The van der Waals surface area contributed by atoms with E-state index in [1.807, 2.05) is 181 Å². The predicted molar refractivity (Wildman–Crippen MR) is 592 cm³/mol. The van der Waals surface area contributed by atoms with Crippen LogP contribution in [-0.2, 0) is 46.7 Å². The molecule has 15 nitrogen and oxygen atoms in total. The zero-order valence-corrected chi connectivity index (χ0v) is 85.3. The number of unbranched alkanes of at least 4 members (excludes halogenated alkanes) is 2. The zero-order chi connectivity index (χ0) is 93.3. The Morgan fingerprint density at radius 1 is 0.336 bits per heavy atom. The van der Waals surface area contributed by atoms with Gasteiger partial charge >= 0.3 is 0 Å². The standard InChI is InChI=1S/C24H18N2OS3.C21H20N2O2S3.C21H20N2OS3.C19H16N2OS3.C19H16N2S3/c25-22-21-18(17-10-5-2-6-11-17)14-19(20-12-7-13-28-20)26-23(21)29-24(22)30(27)15-16-8-3-1-4-9-16;1-2-3-12-28(24,25)21-19(22)18-15(14-8-5-4-6-9-14)13-16(23-20(18)27-21)17-10-7-11-26-17;1-2-3-12-27(24)21-19(22)18-15(14-8-5-4-6-9-14)13-16(23-20(18)26-21)17-10-7-11-25-17;1-25(2,22)19-17(20)16-13(12-7-4-3-5-8-12)11-14(21-18(16)24-19)15-9-6-10-23-15;1-24(2)19-17(20)16-13(12-7-4-3-5-8-12)11-14(21-18(16)23-19)15-9-6-10-22-15/h1-14H,15,25H2;4-11,13H,2-3,12,22H2,1H3;4-11,13H,2-3,12,22H2,1H3;3-11H,1,20H2,2H3;3-11H,1,20H2,2H3. The molecule has 4 unspecified atom stereocenters. The molecule has 0 spiro atoms. The van der Waals surface area contributed by atoms with Gasteiger partial charge in [-0.1, -0.05) is 245 Å². The van der Waals surface area contributed by atoms with Gasteiger partial charge in [0.1, 0.15) is 41.0 Å². The molecule has 4 atom stereocenters. The molecule has 21 rings (SSSR count). The number of sulfone groups is 1. The summed E-state index contributed by atoms with van der Waals surface area (Å²) in [5, 5.41) is 14.7. The number of fused-ring (bicyclic) bond motifs is 5. The van der Waals surface area contributed by atoms with Crippen LogP contribution in [0.2, 0.25) is 0 Å². The third-order valence-corrected chi connectivity index (χ3v) is 41.6. The Kier molecular flexibility index (Phi) is 29.9. The van der Waals surface area contributed by atoms with E-state index in [1.54, 1.807) is 74.3 Å². The second-order valence-corrected chi connectivity index (χ2v) is 51.2. The van der Waals surface area contributed by atoms with Crippen LogP contribution in [0.5, 0.6) is 0 Å². The Morgan fingerprint density at radius 3 is 0.896 bits per heavy atom. The second-order valence-electron chi connectivity index (χ2n) is 31.1. The first-order chi connectivity index (χ1) is 65.0. The number of nitrogen functional groups attached to an aromatic ring is 5. The molecule has 21 aromatic rings. The number of nitrogens with zero attached hydrogens (tertiary/aromatic N) is 5. The van der Waals surface area contributed by atoms with Gasteiger partial charge in [0.15, 0.2) is 9.84 Å². The fourth-order valence-corrected chi connectivity index (χ4v) is 31.7. The smallest absolute Gasteiger partial charge is 0.189 e. The molecule has 0 fully saturated rings. The van der Waals surface area contributed by atoms with Crippen LogP contribution in [0.25, 0.3) is 160 Å². The van der Waals surface area contributed by atoms with Gasteiger partial charge in [-0.05, 0) is 174 Å². The third-order valence-electron chi connectivity index (χ3n) is 21.6. The van der Waals surface area contributed by atoms with Gasteiger partial charge in [-0.25, -0.2) is 33.3 Å². The molecule has 0 aliphatic heterocycles. The molecule has 6 aromatic carbocycles. The molecule has 10 N–H and O–H groups in total. The maximum absolute atomic E-state index is 13.2. The lowest BCUT2D eigenvalue weighted by molar-refractivity contribution is 0.595. The number of thiophene rings is 10. The van der Waals surface area contributed by atoms with Crippen molar-refractivity contribution in [2.45, 2.75) is 66.3 Å². The van der Waals surface area contributed by atoms with Crippen LogP contribution >= 0.6 is 124 Å². The number of rotatable bonds is 23. The predicted octanol–water partition coefficient (Wildman–Crippen LogP) is 29.6. The van der Waals surface area contributed by atoms with Crippen LogP contribution in [0.3, 0.4) is 0 Å². The van der Waals surface area contributed by atoms with Crippen molar-refractivity contribution >= 4 is 256 Å². The van der Waals surface area contributed by atoms with E-state index >= 15 is 0 Å². The van der Waals surface area contributed by atoms with E-state index in [4.69, 9.17) is 53.6 Å². The Labute approximate surface area is 826 Å². The van der Waals surface area contributed by atoms with E-state index < -0.39 is 41.0 Å². The molecule has 0 saturated heterocycles. The van der Waals surface area contributed by atoms with E-state index in [0.717, 1.165) is 183 Å². The molecule has 0 bridgehead atoms. The summed E-state index contributed by atoms with van der Waals surface area (Å²) in [6.45, 7) is 4.08. The molecule has 15 aromatic heterocycles. The van der Waals surface area contributed by atoms with Crippen LogP contribution in [0, 0.1) is 0 Å². The summed E-state index contributed by atoms with van der Waals surface area (Å²) >= 11 is 15.4. The number of benzene rings is 6. The highest BCUT2D eigenvalue weighted by atomic mass is 32.2. The van der Waals surface area contributed by atoms with Gasteiger partial charge in [0.25, 0.3) is 0 Å². The largest absolute Gasteiger partial charge is 0.397 e. The van der Waals surface area contributed by atoms with Crippen molar-refractivity contribution in [3.63, 3.8) is 0 Å². The van der Waals surface area contributed by atoms with E-state index in [9.17, 15) is 21.0 Å². The van der Waals surface area contributed by atoms with Crippen molar-refractivity contribution in [2.24, 2.45) is 0 Å². The van der Waals surface area contributed by atoms with Crippen LogP contribution in [0.15, 0.2) is 321 Å². The average Bonchev–Trinajstić information content (AvgIpc) is 1.62. The lowest BCUT2D eigenvalue weighted by Gasteiger charge is -2.08. The summed E-state index contributed by atoms with van der Waals surface area (Å²) < 4.78 is 67.6. The lowest BCUT2D eigenvalue weighted by Crippen LogP contribution is -2.06. The fraction of sp³-hybridized carbons (Fsp3) is 0.106. The van der Waals surface area contributed by atoms with Crippen molar-refractivity contribution < 1.29 is 21.0 Å². The van der Waals surface area contributed by atoms with Crippen molar-refractivity contribution in [3.05, 3.63) is 305 Å². The van der Waals surface area contributed by atoms with E-state index in [0.29, 0.717) is 53.9 Å². The average molecular weight is 2040 g/mol. The fourth-order valence-electron chi connectivity index (χ4n) is 15.2. The molecule has 0 aliphatic rings. The molecule has 0 aliphatic carbocycles. The maximum atomic E-state index is 13.2. The highest BCUT2D eigenvalue weighted by molar-refractivity contribution is 8.15. The second kappa shape index (κ2) is 42.4. The molecule has 15 heterocycles. The molecule has 0 saturated carbocycles. The van der Waals surface area contributed by atoms with Gasteiger partial charge in [-0.3, -0.25) is 12.6 Å². The van der Waals surface area contributed by atoms with E-state index in [1.165, 1.54) is 55.8 Å². The quantitative estimate of drug-likeness (QED) is 0.0372. The van der Waals surface area contributed by atoms with Crippen LogP contribution in [0.1, 0.15) is 45.1 Å². The summed E-state index contributed by atoms with van der Waals surface area (Å²) in [6.07, 6.45) is 7.11. The summed E-state index contributed by atoms with van der Waals surface area (Å²) in [7, 11) is -8.26. The van der Waals surface area contributed by atoms with Gasteiger partial charge in [0.05, 0.1) is 119 Å². The maximum Gasteiger partial charge on any atom is 0.189 e. The zero-order valence-electron chi connectivity index (χ0n) is 73.0. The Balaban J connectivity index is 0.000000117. The molecular formula is C104H90N10O5S15. The number of anilines is 5. The first-order valence-corrected chi connectivity index (χ1v) is 59.1. The summed E-state index contributed by atoms with van der Waals surface area (Å²) in [5.74, 6) is 9.17. The number of nitrogens with two attached hydrogens (primary N) is 5. The number of hydrogen-bond donors (Lipinski definition) is 5. The SMILES string of the molecule is C=S(C)(=O)c1sc2nc(-c3cccs3)cc(-c3ccccc3)c2c1N.C=S(C)c1sc2nc(-c3cccs3)cc(-c3ccccc3)c2c1N.CCCCS(=O)(=O)c1sc2nc(-c3cccs3)cc(-c3ccccc3)c2c1N.CCCCS(=O)c1sc2nc(-c3cccs3)cc(-c3ccccc3)c2c1N.Nc1c(S(=O)Cc2ccccc2)sc2nc(-c3cccs3)cc(-c3ccccc3)c12. The van der Waals surface area contributed by atoms with Crippen molar-refractivity contribution in [1.29, 1.82) is 0 Å². The summed E-state index contributed by atoms with van der Waals surface area (Å²) in [6, 6.07) is 91.5. The normalized spacial score (nSPS) is 12.6. The molecular weight excluding hydrogens is 1950 g/mol. The van der Waals surface area contributed by atoms with Gasteiger partial charge in [-0.15, -0.1) is 113 Å². The lowest BCUT2D eigenvalue weighted by atomic mass is 10.0. The van der Waals surface area contributed by atoms with Crippen molar-refractivity contribution in [2.75, 3.05) is 52.7 Å². The molecule has 134 heavy (non-hydrogen) atoms. The molecule has 0 amide bonds. The topological polar surface area (TPSA) is 280 Å². The number of aromatic nitrogens is 5. The minimum absolute atomic E-state index is 0.110. The van der Waals surface area contributed by atoms with Crippen LogP contribution in [-0.4, -0.2) is 81.7 Å². The van der Waals surface area contributed by atoms with Gasteiger partial charge in [-0.2, -0.15) is 10.5 Å². The van der Waals surface area contributed by atoms with Gasteiger partial charge in [0.2, 0.25) is 0 Å². The summed E-state index contributed by atoms with van der Waals surface area (Å²) in [4.78, 5) is 33.9. The van der Waals surface area contributed by atoms with Crippen molar-refractivity contribution in [1.82, 2.24) is 24.9 Å². The monoisotopic (exact) mass is 2040 g/mol.